The molecule has 1 aliphatic carbocycles. The highest BCUT2D eigenvalue weighted by Crippen LogP contribution is 2.47. The topological polar surface area (TPSA) is 60.9 Å². The number of likely N-dealkylation sites (N-methyl/N-ethyl adjacent to an activating group) is 1. The summed E-state index contributed by atoms with van der Waals surface area (Å²) in [6.07, 6.45) is 8.03. The quantitative estimate of drug-likeness (QED) is 0.469. The predicted molar refractivity (Wildman–Crippen MR) is 110 cm³/mol. The molecule has 1 N–H and O–H groups in total. The summed E-state index contributed by atoms with van der Waals surface area (Å²) in [4.78, 5) is 26.4. The summed E-state index contributed by atoms with van der Waals surface area (Å²) < 4.78 is -0.0531. The predicted octanol–water partition coefficient (Wildman–Crippen LogP) is 3.30. The van der Waals surface area contributed by atoms with Crippen LogP contribution in [-0.4, -0.2) is 45.8 Å². The van der Waals surface area contributed by atoms with E-state index < -0.39 is 18.4 Å². The first-order chi connectivity index (χ1) is 12.4. The van der Waals surface area contributed by atoms with Gasteiger partial charge in [0.25, 0.3) is 5.91 Å². The molecule has 2 unspecified atom stereocenters. The molecule has 1 aliphatic heterocycles. The number of hydrogen-bond acceptors (Lipinski definition) is 4. The molecule has 2 aliphatic rings. The van der Waals surface area contributed by atoms with Crippen molar-refractivity contribution in [3.05, 3.63) is 35.4 Å². The number of carboxylic acid groups (broad SMARTS) is 1. The number of thiocarbonyl (C=S) groups is 1. The van der Waals surface area contributed by atoms with E-state index in [2.05, 4.69) is 36.7 Å². The summed E-state index contributed by atoms with van der Waals surface area (Å²) in [5, 5.41) is 8.89. The molecule has 0 saturated heterocycles. The number of aliphatic carboxylic acids is 1. The molecule has 3 rings (SSSR count). The molecule has 0 aromatic heterocycles. The van der Waals surface area contributed by atoms with Crippen molar-refractivity contribution in [2.24, 2.45) is 0 Å². The van der Waals surface area contributed by atoms with Gasteiger partial charge in [0.15, 0.2) is 0 Å². The number of thiol groups is 1. The first kappa shape index (κ1) is 18.9. The lowest BCUT2D eigenvalue weighted by atomic mass is 9.82. The van der Waals surface area contributed by atoms with E-state index in [9.17, 15) is 9.59 Å². The number of amides is 1. The molecule has 138 valence electrons. The zero-order valence-electron chi connectivity index (χ0n) is 14.6. The molecule has 1 fully saturated rings. The van der Waals surface area contributed by atoms with Gasteiger partial charge in [0.1, 0.15) is 10.9 Å². The van der Waals surface area contributed by atoms with Gasteiger partial charge in [0.2, 0.25) is 0 Å². The van der Waals surface area contributed by atoms with Crippen LogP contribution >= 0.6 is 24.8 Å². The fourth-order valence-corrected chi connectivity index (χ4v) is 4.37. The molecule has 26 heavy (non-hydrogen) atoms. The largest absolute Gasteiger partial charge is 0.480 e. The van der Waals surface area contributed by atoms with Gasteiger partial charge >= 0.3 is 5.97 Å². The molecular formula is C19H22N2O3S2. The minimum Gasteiger partial charge on any atom is -0.480 e. The number of hydrogen-bond donors (Lipinski definition) is 2. The molecule has 1 saturated carbocycles. The second-order valence-corrected chi connectivity index (χ2v) is 7.93. The number of fused-ring (bicyclic) bond motifs is 3. The van der Waals surface area contributed by atoms with E-state index in [0.717, 1.165) is 10.5 Å². The summed E-state index contributed by atoms with van der Waals surface area (Å²) in [6, 6.07) is 6.81. The van der Waals surface area contributed by atoms with Gasteiger partial charge < -0.3 is 10.0 Å². The number of benzene rings is 1. The monoisotopic (exact) mass is 390 g/mol. The zero-order chi connectivity index (χ0) is 18.8. The van der Waals surface area contributed by atoms with Crippen molar-refractivity contribution in [1.29, 1.82) is 0 Å². The van der Waals surface area contributed by atoms with Crippen LogP contribution in [0, 0.1) is 0 Å². The van der Waals surface area contributed by atoms with Crippen LogP contribution in [0.1, 0.15) is 42.7 Å². The molecule has 2 atom stereocenters. The molecule has 5 nitrogen and oxygen atoms in total. The Bertz CT molecular complexity index is 778. The Morgan fingerprint density at radius 3 is 2.81 bits per heavy atom. The summed E-state index contributed by atoms with van der Waals surface area (Å²) in [7, 11) is 2.16. The summed E-state index contributed by atoms with van der Waals surface area (Å²) in [5.41, 5.74) is 3.55. The molecule has 0 bridgehead atoms. The summed E-state index contributed by atoms with van der Waals surface area (Å²) in [5.74, 6) is -1.06. The molecule has 0 radical (unpaired) electrons. The van der Waals surface area contributed by atoms with Gasteiger partial charge in [-0.05, 0) is 42.2 Å². The highest BCUT2D eigenvalue weighted by Gasteiger charge is 2.37. The molecule has 1 amide bonds. The Balaban J connectivity index is 1.79. The smallest absolute Gasteiger partial charge is 0.323 e. The van der Waals surface area contributed by atoms with E-state index in [1.807, 2.05) is 6.07 Å². The molecule has 1 aromatic rings. The van der Waals surface area contributed by atoms with Crippen molar-refractivity contribution in [3.8, 4) is 0 Å². The maximum Gasteiger partial charge on any atom is 0.323 e. The fraction of sp³-hybridized carbons (Fsp3) is 0.421. The maximum absolute atomic E-state index is 12.2. The van der Waals surface area contributed by atoms with Crippen LogP contribution in [-0.2, 0) is 9.59 Å². The number of carboxylic acids is 1. The standard InChI is InChI=1S/C19H22N2O3S2/c1-20-15-5-3-2-4-13(15)14-10-12(6-8-16(14)20)7-9-17(22)21(19(25)26)11-18(23)24/h6-10,13,15H,2-5,11H2,1H3,(H,23,24)(H,25,26)/b9-7+. The normalized spacial score (nSPS) is 21.4. The van der Waals surface area contributed by atoms with Crippen molar-refractivity contribution in [1.82, 2.24) is 4.90 Å². The van der Waals surface area contributed by atoms with Crippen molar-refractivity contribution in [2.75, 3.05) is 18.5 Å². The minimum absolute atomic E-state index is 0.0531. The van der Waals surface area contributed by atoms with Crippen molar-refractivity contribution in [2.45, 2.75) is 37.6 Å². The number of carbonyl (C=O) groups excluding carboxylic acids is 1. The van der Waals surface area contributed by atoms with Gasteiger partial charge in [0, 0.05) is 30.8 Å². The average molecular weight is 391 g/mol. The number of rotatable bonds is 4. The van der Waals surface area contributed by atoms with Gasteiger partial charge in [-0.25, -0.2) is 0 Å². The highest BCUT2D eigenvalue weighted by molar-refractivity contribution is 8.11. The van der Waals surface area contributed by atoms with Crippen molar-refractivity contribution < 1.29 is 14.7 Å². The summed E-state index contributed by atoms with van der Waals surface area (Å²) in [6.45, 7) is -0.496. The molecule has 0 spiro atoms. The van der Waals surface area contributed by atoms with E-state index in [-0.39, 0.29) is 4.32 Å². The number of anilines is 1. The second kappa shape index (κ2) is 7.80. The summed E-state index contributed by atoms with van der Waals surface area (Å²) >= 11 is 8.79. The first-order valence-electron chi connectivity index (χ1n) is 8.69. The van der Waals surface area contributed by atoms with Crippen LogP contribution in [0.25, 0.3) is 6.08 Å². The Morgan fingerprint density at radius 2 is 2.12 bits per heavy atom. The SMILES string of the molecule is CN1c2ccc(/C=C/C(=O)N(CC(=O)O)C(=S)S)cc2C2CCCCC21. The Morgan fingerprint density at radius 1 is 1.38 bits per heavy atom. The van der Waals surface area contributed by atoms with Crippen LogP contribution in [0.4, 0.5) is 5.69 Å². The van der Waals surface area contributed by atoms with E-state index in [1.165, 1.54) is 43.0 Å². The lowest BCUT2D eigenvalue weighted by Crippen LogP contribution is -2.36. The van der Waals surface area contributed by atoms with E-state index in [0.29, 0.717) is 12.0 Å². The van der Waals surface area contributed by atoms with Gasteiger partial charge in [-0.15, -0.1) is 12.6 Å². The van der Waals surface area contributed by atoms with E-state index in [1.54, 1.807) is 6.08 Å². The third-order valence-corrected chi connectivity index (χ3v) is 5.73. The number of carbonyl (C=O) groups is 2. The van der Waals surface area contributed by atoms with Crippen LogP contribution in [0.3, 0.4) is 0 Å². The van der Waals surface area contributed by atoms with Crippen LogP contribution in [0.2, 0.25) is 0 Å². The Kier molecular flexibility index (Phi) is 5.67. The van der Waals surface area contributed by atoms with E-state index >= 15 is 0 Å². The average Bonchev–Trinajstić information content (AvgIpc) is 2.90. The van der Waals surface area contributed by atoms with Crippen LogP contribution < -0.4 is 4.90 Å². The van der Waals surface area contributed by atoms with Gasteiger partial charge in [-0.3, -0.25) is 14.5 Å². The van der Waals surface area contributed by atoms with E-state index in [4.69, 9.17) is 17.3 Å². The third-order valence-electron chi connectivity index (χ3n) is 5.27. The lowest BCUT2D eigenvalue weighted by Gasteiger charge is -2.30. The number of nitrogens with zero attached hydrogens (tertiary/aromatic N) is 2. The minimum atomic E-state index is -1.13. The molecule has 1 aromatic carbocycles. The van der Waals surface area contributed by atoms with Gasteiger partial charge in [-0.2, -0.15) is 0 Å². The zero-order valence-corrected chi connectivity index (χ0v) is 16.3. The first-order valence-corrected chi connectivity index (χ1v) is 9.55. The maximum atomic E-state index is 12.2. The lowest BCUT2D eigenvalue weighted by molar-refractivity contribution is -0.140. The Labute approximate surface area is 164 Å². The second-order valence-electron chi connectivity index (χ2n) is 6.82. The van der Waals surface area contributed by atoms with Crippen LogP contribution in [0.15, 0.2) is 24.3 Å². The third kappa shape index (κ3) is 3.78. The van der Waals surface area contributed by atoms with Crippen LogP contribution in [0.5, 0.6) is 0 Å². The van der Waals surface area contributed by atoms with Crippen molar-refractivity contribution in [3.63, 3.8) is 0 Å². The van der Waals surface area contributed by atoms with Gasteiger partial charge in [-0.1, -0.05) is 31.1 Å². The molecule has 7 heteroatoms. The van der Waals surface area contributed by atoms with Crippen molar-refractivity contribution >= 4 is 52.8 Å². The Hall–Kier alpha value is -1.86. The molecular weight excluding hydrogens is 368 g/mol. The van der Waals surface area contributed by atoms with Gasteiger partial charge in [0.05, 0.1) is 0 Å². The fourth-order valence-electron chi connectivity index (χ4n) is 4.04. The molecule has 1 heterocycles. The highest BCUT2D eigenvalue weighted by atomic mass is 32.1.